The lowest BCUT2D eigenvalue weighted by atomic mass is 9.79. The number of ether oxygens (including phenoxy) is 2. The van der Waals surface area contributed by atoms with E-state index < -0.39 is 0 Å². The summed E-state index contributed by atoms with van der Waals surface area (Å²) in [5, 5.41) is 16.0. The van der Waals surface area contributed by atoms with Gasteiger partial charge in [0.1, 0.15) is 17.6 Å². The van der Waals surface area contributed by atoms with Crippen LogP contribution < -0.4 is 20.1 Å². The zero-order valence-corrected chi connectivity index (χ0v) is 20.3. The molecule has 0 saturated carbocycles. The molecule has 0 aliphatic rings. The van der Waals surface area contributed by atoms with Gasteiger partial charge >= 0.3 is 0 Å². The number of nitrogens with one attached hydrogen (secondary N) is 2. The quantitative estimate of drug-likeness (QED) is 0.228. The molecule has 0 aromatic heterocycles. The molecule has 0 spiro atoms. The van der Waals surface area contributed by atoms with Crippen molar-refractivity contribution in [3.05, 3.63) is 24.3 Å². The zero-order chi connectivity index (χ0) is 20.1. The van der Waals surface area contributed by atoms with Gasteiger partial charge in [0.05, 0.1) is 13.7 Å². The maximum atomic E-state index is 9.38. The Balaban J connectivity index is 0.00000729. The Morgan fingerprint density at radius 3 is 2.43 bits per heavy atom. The monoisotopic (exact) mass is 507 g/mol. The van der Waals surface area contributed by atoms with Crippen LogP contribution in [0.25, 0.3) is 0 Å². The molecule has 28 heavy (non-hydrogen) atoms. The maximum Gasteiger partial charge on any atom is 0.191 e. The summed E-state index contributed by atoms with van der Waals surface area (Å²) in [6, 6.07) is 7.60. The van der Waals surface area contributed by atoms with Gasteiger partial charge in [-0.2, -0.15) is 0 Å². The summed E-state index contributed by atoms with van der Waals surface area (Å²) in [6.07, 6.45) is 2.75. The number of hydrogen-bond acceptors (Lipinski definition) is 4. The number of rotatable bonds is 12. The second-order valence-corrected chi connectivity index (χ2v) is 6.86. The molecule has 7 heteroatoms. The van der Waals surface area contributed by atoms with E-state index in [9.17, 15) is 5.11 Å². The first-order valence-electron chi connectivity index (χ1n) is 9.96. The standard InChI is InChI=1S/C21H37N3O3.HI/c1-6-21(7-2,12-13-25)16-24-20(22-8-3)23-15-17(4)27-19-11-9-10-18(14-19)26-5;/h9-11,14,17,25H,6-8,12-13,15-16H2,1-5H3,(H2,22,23,24);1H. The van der Waals surface area contributed by atoms with Gasteiger partial charge in [0, 0.05) is 25.8 Å². The van der Waals surface area contributed by atoms with Crippen molar-refractivity contribution >= 4 is 29.9 Å². The average Bonchev–Trinajstić information content (AvgIpc) is 2.69. The summed E-state index contributed by atoms with van der Waals surface area (Å²) in [5.74, 6) is 2.34. The molecule has 1 unspecified atom stereocenters. The van der Waals surface area contributed by atoms with Crippen LogP contribution in [0.1, 0.15) is 47.0 Å². The van der Waals surface area contributed by atoms with E-state index in [2.05, 4.69) is 24.5 Å². The molecule has 162 valence electrons. The molecular weight excluding hydrogens is 469 g/mol. The molecular formula is C21H38IN3O3. The molecule has 0 amide bonds. The first kappa shape index (κ1) is 26.8. The largest absolute Gasteiger partial charge is 0.497 e. The van der Waals surface area contributed by atoms with E-state index in [1.165, 1.54) is 0 Å². The van der Waals surface area contributed by atoms with Gasteiger partial charge in [0.2, 0.25) is 0 Å². The highest BCUT2D eigenvalue weighted by Crippen LogP contribution is 2.30. The van der Waals surface area contributed by atoms with Gasteiger partial charge in [-0.05, 0) is 50.7 Å². The molecule has 0 aliphatic heterocycles. The van der Waals surface area contributed by atoms with Crippen LogP contribution in [-0.2, 0) is 0 Å². The number of benzene rings is 1. The Morgan fingerprint density at radius 1 is 1.18 bits per heavy atom. The van der Waals surface area contributed by atoms with Crippen molar-refractivity contribution in [2.45, 2.75) is 53.1 Å². The van der Waals surface area contributed by atoms with E-state index in [0.29, 0.717) is 13.1 Å². The number of nitrogens with zero attached hydrogens (tertiary/aromatic N) is 1. The topological polar surface area (TPSA) is 75.1 Å². The van der Waals surface area contributed by atoms with Gasteiger partial charge in [-0.15, -0.1) is 24.0 Å². The summed E-state index contributed by atoms with van der Waals surface area (Å²) < 4.78 is 11.2. The van der Waals surface area contributed by atoms with Crippen LogP contribution in [0.3, 0.4) is 0 Å². The molecule has 1 aromatic carbocycles. The predicted molar refractivity (Wildman–Crippen MR) is 127 cm³/mol. The second-order valence-electron chi connectivity index (χ2n) is 6.86. The molecule has 0 fully saturated rings. The summed E-state index contributed by atoms with van der Waals surface area (Å²) in [6.45, 7) is 10.7. The number of aliphatic hydroxyl groups is 1. The minimum atomic E-state index is -0.0273. The van der Waals surface area contributed by atoms with Crippen molar-refractivity contribution in [3.63, 3.8) is 0 Å². The van der Waals surface area contributed by atoms with Gasteiger partial charge in [0.15, 0.2) is 5.96 Å². The Labute approximate surface area is 187 Å². The van der Waals surface area contributed by atoms with E-state index in [4.69, 9.17) is 14.5 Å². The number of methoxy groups -OCH3 is 1. The first-order chi connectivity index (χ1) is 13.0. The van der Waals surface area contributed by atoms with Gasteiger partial charge in [0.25, 0.3) is 0 Å². The third-order valence-corrected chi connectivity index (χ3v) is 4.99. The molecule has 3 N–H and O–H groups in total. The van der Waals surface area contributed by atoms with Crippen LogP contribution in [0.2, 0.25) is 0 Å². The normalized spacial score (nSPS) is 12.7. The number of aliphatic imine (C=N–C) groups is 1. The highest BCUT2D eigenvalue weighted by molar-refractivity contribution is 14.0. The lowest BCUT2D eigenvalue weighted by Gasteiger charge is -2.29. The Bertz CT molecular complexity index is 566. The third kappa shape index (κ3) is 9.32. The van der Waals surface area contributed by atoms with Crippen molar-refractivity contribution < 1.29 is 14.6 Å². The van der Waals surface area contributed by atoms with Crippen molar-refractivity contribution in [3.8, 4) is 11.5 Å². The van der Waals surface area contributed by atoms with Crippen LogP contribution in [0, 0.1) is 5.41 Å². The second kappa shape index (κ2) is 14.7. The van der Waals surface area contributed by atoms with Crippen LogP contribution in [0.4, 0.5) is 0 Å². The molecule has 0 heterocycles. The van der Waals surface area contributed by atoms with Crippen molar-refractivity contribution in [1.29, 1.82) is 0 Å². The molecule has 1 aromatic rings. The molecule has 1 rings (SSSR count). The molecule has 0 aliphatic carbocycles. The first-order valence-corrected chi connectivity index (χ1v) is 9.96. The highest BCUT2D eigenvalue weighted by atomic mass is 127. The van der Waals surface area contributed by atoms with Crippen LogP contribution in [-0.4, -0.2) is 50.5 Å². The average molecular weight is 507 g/mol. The van der Waals surface area contributed by atoms with Gasteiger partial charge < -0.3 is 25.2 Å². The maximum absolute atomic E-state index is 9.38. The third-order valence-electron chi connectivity index (χ3n) is 4.99. The van der Waals surface area contributed by atoms with Crippen molar-refractivity contribution in [1.82, 2.24) is 10.6 Å². The summed E-state index contributed by atoms with van der Waals surface area (Å²) in [4.78, 5) is 4.76. The number of halogens is 1. The van der Waals surface area contributed by atoms with E-state index in [0.717, 1.165) is 43.3 Å². The smallest absolute Gasteiger partial charge is 0.191 e. The number of guanidine groups is 1. The van der Waals surface area contributed by atoms with Crippen molar-refractivity contribution in [2.24, 2.45) is 10.4 Å². The predicted octanol–water partition coefficient (Wildman–Crippen LogP) is 3.82. The zero-order valence-electron chi connectivity index (χ0n) is 18.0. The molecule has 0 saturated heterocycles. The number of hydrogen-bond donors (Lipinski definition) is 3. The molecule has 0 bridgehead atoms. The SMILES string of the molecule is CCNC(=NCC(CC)(CC)CCO)NCC(C)Oc1cccc(OC)c1.I. The molecule has 6 nitrogen and oxygen atoms in total. The lowest BCUT2D eigenvalue weighted by Crippen LogP contribution is -2.42. The highest BCUT2D eigenvalue weighted by Gasteiger charge is 2.25. The van der Waals surface area contributed by atoms with E-state index in [-0.39, 0.29) is 42.1 Å². The van der Waals surface area contributed by atoms with Gasteiger partial charge in [-0.3, -0.25) is 4.99 Å². The minimum absolute atomic E-state index is 0. The Morgan fingerprint density at radius 2 is 1.86 bits per heavy atom. The van der Waals surface area contributed by atoms with E-state index >= 15 is 0 Å². The fraction of sp³-hybridized carbons (Fsp3) is 0.667. The number of aliphatic hydroxyl groups excluding tert-OH is 1. The summed E-state index contributed by atoms with van der Waals surface area (Å²) >= 11 is 0. The summed E-state index contributed by atoms with van der Waals surface area (Å²) in [5.41, 5.74) is 0.0554. The van der Waals surface area contributed by atoms with Crippen molar-refractivity contribution in [2.75, 3.05) is 33.4 Å². The molecule has 1 atom stereocenters. The summed E-state index contributed by atoms with van der Waals surface area (Å²) in [7, 11) is 1.65. The minimum Gasteiger partial charge on any atom is -0.497 e. The Hall–Kier alpha value is -1.22. The lowest BCUT2D eigenvalue weighted by molar-refractivity contribution is 0.175. The fourth-order valence-electron chi connectivity index (χ4n) is 2.92. The van der Waals surface area contributed by atoms with Crippen LogP contribution in [0.15, 0.2) is 29.3 Å². The van der Waals surface area contributed by atoms with Gasteiger partial charge in [-0.25, -0.2) is 0 Å². The fourth-order valence-corrected chi connectivity index (χ4v) is 2.92. The van der Waals surface area contributed by atoms with Crippen LogP contribution >= 0.6 is 24.0 Å². The van der Waals surface area contributed by atoms with E-state index in [1.807, 2.05) is 38.1 Å². The van der Waals surface area contributed by atoms with E-state index in [1.54, 1.807) is 7.11 Å². The van der Waals surface area contributed by atoms with Gasteiger partial charge in [-0.1, -0.05) is 19.9 Å². The van der Waals surface area contributed by atoms with Crippen LogP contribution in [0.5, 0.6) is 11.5 Å². The molecule has 0 radical (unpaired) electrons. The Kier molecular flexibility index (Phi) is 14.1.